The molecule has 3 aliphatic rings. The van der Waals surface area contributed by atoms with Crippen LogP contribution in [0.15, 0.2) is 42.7 Å². The van der Waals surface area contributed by atoms with Gasteiger partial charge in [0.15, 0.2) is 0 Å². The summed E-state index contributed by atoms with van der Waals surface area (Å²) in [5.41, 5.74) is 1.80. The Kier molecular flexibility index (Phi) is 7.55. The molecule has 0 unspecified atom stereocenters. The van der Waals surface area contributed by atoms with Crippen molar-refractivity contribution in [1.82, 2.24) is 25.1 Å². The van der Waals surface area contributed by atoms with E-state index in [1.54, 1.807) is 6.20 Å². The van der Waals surface area contributed by atoms with E-state index in [1.165, 1.54) is 38.8 Å². The molecule has 0 aromatic carbocycles. The molecule has 2 bridgehead atoms. The molecule has 8 nitrogen and oxygen atoms in total. The quantitative estimate of drug-likeness (QED) is 0.618. The zero-order valence-corrected chi connectivity index (χ0v) is 18.4. The highest BCUT2D eigenvalue weighted by atomic mass is 16.3. The third-order valence-corrected chi connectivity index (χ3v) is 7.12. The molecular formula is C24H33N5O3. The fourth-order valence-corrected chi connectivity index (χ4v) is 5.90. The fraction of sp³-hybridized carbons (Fsp3) is 0.542. The monoisotopic (exact) mass is 439 g/mol. The maximum atomic E-state index is 12.5. The topological polar surface area (TPSA) is 102 Å². The van der Waals surface area contributed by atoms with Gasteiger partial charge in [-0.2, -0.15) is 0 Å². The van der Waals surface area contributed by atoms with Crippen molar-refractivity contribution in [2.24, 2.45) is 11.8 Å². The Morgan fingerprint density at radius 2 is 2.06 bits per heavy atom. The molecule has 0 radical (unpaired) electrons. The first-order chi connectivity index (χ1) is 15.7. The van der Waals surface area contributed by atoms with E-state index in [9.17, 15) is 4.79 Å². The molecule has 3 fully saturated rings. The van der Waals surface area contributed by atoms with Gasteiger partial charge >= 0.3 is 0 Å². The SMILES string of the molecule is O=C(NC[C@H]1[C@H]2C[C@H](CN(Cc3ccccn3)C2)[C@@H]2CCCCN21)c1ccc[nH]1.O=CO. The van der Waals surface area contributed by atoms with Crippen molar-refractivity contribution in [2.75, 3.05) is 26.2 Å². The van der Waals surface area contributed by atoms with Gasteiger partial charge in [0.2, 0.25) is 0 Å². The number of aromatic amines is 1. The molecule has 3 saturated heterocycles. The van der Waals surface area contributed by atoms with Crippen molar-refractivity contribution in [3.8, 4) is 0 Å². The van der Waals surface area contributed by atoms with Crippen LogP contribution < -0.4 is 5.32 Å². The molecule has 2 aromatic heterocycles. The number of carbonyl (C=O) groups is 2. The van der Waals surface area contributed by atoms with E-state index in [-0.39, 0.29) is 12.4 Å². The number of nitrogens with zero attached hydrogens (tertiary/aromatic N) is 3. The summed E-state index contributed by atoms with van der Waals surface area (Å²) < 4.78 is 0. The van der Waals surface area contributed by atoms with Crippen molar-refractivity contribution in [3.63, 3.8) is 0 Å². The van der Waals surface area contributed by atoms with Crippen molar-refractivity contribution in [3.05, 3.63) is 54.1 Å². The number of amides is 1. The van der Waals surface area contributed by atoms with Crippen LogP contribution in [0.5, 0.6) is 0 Å². The third-order valence-electron chi connectivity index (χ3n) is 7.12. The smallest absolute Gasteiger partial charge is 0.290 e. The minimum Gasteiger partial charge on any atom is -0.483 e. The largest absolute Gasteiger partial charge is 0.483 e. The summed E-state index contributed by atoms with van der Waals surface area (Å²) in [5.74, 6) is 1.36. The van der Waals surface area contributed by atoms with E-state index in [2.05, 4.69) is 37.2 Å². The summed E-state index contributed by atoms with van der Waals surface area (Å²) in [5, 5.41) is 10.1. The molecule has 32 heavy (non-hydrogen) atoms. The van der Waals surface area contributed by atoms with Crippen LogP contribution in [-0.2, 0) is 11.3 Å². The zero-order valence-electron chi connectivity index (χ0n) is 18.4. The molecule has 3 N–H and O–H groups in total. The van der Waals surface area contributed by atoms with Crippen LogP contribution in [0.1, 0.15) is 41.9 Å². The molecule has 4 atom stereocenters. The summed E-state index contributed by atoms with van der Waals surface area (Å²) in [6, 6.07) is 11.0. The lowest BCUT2D eigenvalue weighted by Gasteiger charge is -2.56. The van der Waals surface area contributed by atoms with Gasteiger partial charge in [-0.25, -0.2) is 0 Å². The number of rotatable bonds is 5. The first kappa shape index (κ1) is 22.5. The number of carbonyl (C=O) groups excluding carboxylic acids is 1. The third kappa shape index (κ3) is 5.19. The lowest BCUT2D eigenvalue weighted by atomic mass is 9.72. The first-order valence-electron chi connectivity index (χ1n) is 11.6. The molecule has 0 saturated carbocycles. The van der Waals surface area contributed by atoms with Gasteiger partial charge in [0.25, 0.3) is 12.4 Å². The van der Waals surface area contributed by atoms with E-state index in [0.29, 0.717) is 23.7 Å². The van der Waals surface area contributed by atoms with Crippen LogP contribution in [0.25, 0.3) is 0 Å². The van der Waals surface area contributed by atoms with Crippen LogP contribution >= 0.6 is 0 Å². The van der Waals surface area contributed by atoms with E-state index in [1.807, 2.05) is 24.4 Å². The summed E-state index contributed by atoms with van der Waals surface area (Å²) in [6.07, 6.45) is 8.91. The molecule has 0 aliphatic carbocycles. The molecule has 8 heteroatoms. The Balaban J connectivity index is 0.000000775. The number of likely N-dealkylation sites (tertiary alicyclic amines) is 1. The highest BCUT2D eigenvalue weighted by molar-refractivity contribution is 5.92. The van der Waals surface area contributed by atoms with Gasteiger partial charge in [-0.1, -0.05) is 12.5 Å². The number of hydrogen-bond acceptors (Lipinski definition) is 5. The Labute approximate surface area is 189 Å². The second-order valence-corrected chi connectivity index (χ2v) is 9.04. The standard InChI is InChI=1S/C23H31N5O.CH2O2/c29-23(20-7-5-10-25-20)26-13-22-18-12-17(21-8-2-4-11-28(21)22)14-27(15-18)16-19-6-1-3-9-24-19;2-1-3/h1,3,5-7,9-10,17-18,21-22,25H,2,4,8,11-16H2,(H,26,29);1H,(H,2,3)/t17-,18+,21+,22+;/m1./s1. The second-order valence-electron chi connectivity index (χ2n) is 9.04. The average Bonchev–Trinajstić information content (AvgIpc) is 3.35. The molecule has 5 rings (SSSR count). The van der Waals surface area contributed by atoms with Gasteiger partial charge in [-0.3, -0.25) is 24.4 Å². The van der Waals surface area contributed by atoms with Gasteiger partial charge < -0.3 is 15.4 Å². The first-order valence-corrected chi connectivity index (χ1v) is 11.6. The Hall–Kier alpha value is -2.71. The predicted molar refractivity (Wildman–Crippen MR) is 121 cm³/mol. The molecule has 3 aliphatic heterocycles. The van der Waals surface area contributed by atoms with Gasteiger partial charge in [0, 0.05) is 50.7 Å². The summed E-state index contributed by atoms with van der Waals surface area (Å²) in [4.78, 5) is 33.8. The molecule has 172 valence electrons. The molecule has 5 heterocycles. The lowest BCUT2D eigenvalue weighted by Crippen LogP contribution is -2.65. The van der Waals surface area contributed by atoms with E-state index in [0.717, 1.165) is 31.2 Å². The van der Waals surface area contributed by atoms with Gasteiger partial charge in [-0.15, -0.1) is 0 Å². The van der Waals surface area contributed by atoms with Crippen LogP contribution in [-0.4, -0.2) is 75.5 Å². The number of H-pyrrole nitrogens is 1. The zero-order chi connectivity index (χ0) is 22.3. The average molecular weight is 440 g/mol. The summed E-state index contributed by atoms with van der Waals surface area (Å²) in [7, 11) is 0. The highest BCUT2D eigenvalue weighted by Gasteiger charge is 2.47. The summed E-state index contributed by atoms with van der Waals surface area (Å²) >= 11 is 0. The van der Waals surface area contributed by atoms with Crippen LogP contribution in [0.2, 0.25) is 0 Å². The Bertz CT molecular complexity index is 860. The fourth-order valence-electron chi connectivity index (χ4n) is 5.90. The summed E-state index contributed by atoms with van der Waals surface area (Å²) in [6.45, 7) is 4.88. The highest BCUT2D eigenvalue weighted by Crippen LogP contribution is 2.41. The van der Waals surface area contributed by atoms with Crippen molar-refractivity contribution >= 4 is 12.4 Å². The lowest BCUT2D eigenvalue weighted by molar-refractivity contribution is -0.122. The number of pyridine rings is 1. The number of nitrogens with one attached hydrogen (secondary N) is 2. The Morgan fingerprint density at radius 3 is 2.81 bits per heavy atom. The number of carboxylic acid groups (broad SMARTS) is 1. The molecule has 0 spiro atoms. The van der Waals surface area contributed by atoms with Crippen LogP contribution in [0.4, 0.5) is 0 Å². The number of fused-ring (bicyclic) bond motifs is 4. The maximum absolute atomic E-state index is 12.5. The van der Waals surface area contributed by atoms with E-state index in [4.69, 9.17) is 9.90 Å². The second kappa shape index (κ2) is 10.7. The number of hydrogen-bond donors (Lipinski definition) is 3. The molecule has 2 aromatic rings. The van der Waals surface area contributed by atoms with Crippen LogP contribution in [0.3, 0.4) is 0 Å². The minimum absolute atomic E-state index is 0.00633. The van der Waals surface area contributed by atoms with Gasteiger partial charge in [0.05, 0.1) is 5.69 Å². The normalized spacial score (nSPS) is 27.5. The molecule has 1 amide bonds. The number of aromatic nitrogens is 2. The molecular weight excluding hydrogens is 406 g/mol. The van der Waals surface area contributed by atoms with E-state index < -0.39 is 0 Å². The van der Waals surface area contributed by atoms with Crippen molar-refractivity contribution in [1.29, 1.82) is 0 Å². The van der Waals surface area contributed by atoms with Crippen molar-refractivity contribution in [2.45, 2.75) is 44.3 Å². The van der Waals surface area contributed by atoms with Crippen molar-refractivity contribution < 1.29 is 14.7 Å². The number of piperidine rings is 3. The van der Waals surface area contributed by atoms with Gasteiger partial charge in [0.1, 0.15) is 5.69 Å². The Morgan fingerprint density at radius 1 is 1.22 bits per heavy atom. The van der Waals surface area contributed by atoms with E-state index >= 15 is 0 Å². The minimum atomic E-state index is -0.250. The van der Waals surface area contributed by atoms with Gasteiger partial charge in [-0.05, 0) is 61.9 Å². The van der Waals surface area contributed by atoms with Crippen LogP contribution in [0, 0.1) is 11.8 Å². The maximum Gasteiger partial charge on any atom is 0.290 e. The predicted octanol–water partition coefficient (Wildman–Crippen LogP) is 2.22.